The number of benzene rings is 2. The SMILES string of the molecule is CCNC(=NCc1cccc(C(N)=O)c1)N1CCC(c2ccccc2)C1.I. The van der Waals surface area contributed by atoms with Crippen LogP contribution in [0.3, 0.4) is 0 Å². The highest BCUT2D eigenvalue weighted by Crippen LogP contribution is 2.27. The third kappa shape index (κ3) is 5.69. The lowest BCUT2D eigenvalue weighted by Crippen LogP contribution is -2.40. The van der Waals surface area contributed by atoms with E-state index in [0.717, 1.165) is 37.6 Å². The Labute approximate surface area is 178 Å². The van der Waals surface area contributed by atoms with Crippen LogP contribution in [0.4, 0.5) is 0 Å². The van der Waals surface area contributed by atoms with E-state index in [1.54, 1.807) is 6.07 Å². The van der Waals surface area contributed by atoms with Crippen molar-refractivity contribution >= 4 is 35.8 Å². The topological polar surface area (TPSA) is 70.7 Å². The number of carbonyl (C=O) groups is 1. The fourth-order valence-corrected chi connectivity index (χ4v) is 3.36. The van der Waals surface area contributed by atoms with Gasteiger partial charge in [0.25, 0.3) is 0 Å². The number of amides is 1. The number of rotatable bonds is 5. The van der Waals surface area contributed by atoms with Gasteiger partial charge in [0.05, 0.1) is 6.54 Å². The summed E-state index contributed by atoms with van der Waals surface area (Å²) in [5, 5.41) is 3.39. The minimum Gasteiger partial charge on any atom is -0.366 e. The quantitative estimate of drug-likeness (QED) is 0.394. The summed E-state index contributed by atoms with van der Waals surface area (Å²) in [5.74, 6) is 1.06. The van der Waals surface area contributed by atoms with Crippen molar-refractivity contribution in [2.45, 2.75) is 25.8 Å². The van der Waals surface area contributed by atoms with Crippen molar-refractivity contribution in [2.24, 2.45) is 10.7 Å². The predicted octanol–water partition coefficient (Wildman–Crippen LogP) is 3.36. The summed E-state index contributed by atoms with van der Waals surface area (Å²) >= 11 is 0. The molecule has 1 fully saturated rings. The lowest BCUT2D eigenvalue weighted by molar-refractivity contribution is 0.1000. The predicted molar refractivity (Wildman–Crippen MR) is 121 cm³/mol. The van der Waals surface area contributed by atoms with Crippen molar-refractivity contribution in [3.63, 3.8) is 0 Å². The molecule has 1 heterocycles. The van der Waals surface area contributed by atoms with Crippen molar-refractivity contribution in [3.05, 3.63) is 71.3 Å². The zero-order valence-corrected chi connectivity index (χ0v) is 17.9. The van der Waals surface area contributed by atoms with Crippen LogP contribution in [0.1, 0.15) is 40.7 Å². The number of nitrogens with zero attached hydrogens (tertiary/aromatic N) is 2. The number of hydrogen-bond acceptors (Lipinski definition) is 2. The molecule has 2 aromatic carbocycles. The normalized spacial score (nSPS) is 16.7. The van der Waals surface area contributed by atoms with Gasteiger partial charge in [-0.2, -0.15) is 0 Å². The van der Waals surface area contributed by atoms with Gasteiger partial charge in [0.1, 0.15) is 0 Å². The summed E-state index contributed by atoms with van der Waals surface area (Å²) in [7, 11) is 0. The largest absolute Gasteiger partial charge is 0.366 e. The van der Waals surface area contributed by atoms with Gasteiger partial charge in [-0.1, -0.05) is 42.5 Å². The van der Waals surface area contributed by atoms with Crippen LogP contribution in [0.2, 0.25) is 0 Å². The van der Waals surface area contributed by atoms with Crippen molar-refractivity contribution in [1.82, 2.24) is 10.2 Å². The number of hydrogen-bond donors (Lipinski definition) is 2. The molecule has 144 valence electrons. The molecular formula is C21H27IN4O. The Kier molecular flexibility index (Phi) is 8.09. The molecule has 0 saturated carbocycles. The Morgan fingerprint density at radius 3 is 2.70 bits per heavy atom. The lowest BCUT2D eigenvalue weighted by Gasteiger charge is -2.22. The number of nitrogens with two attached hydrogens (primary N) is 1. The first-order valence-corrected chi connectivity index (χ1v) is 9.14. The Morgan fingerprint density at radius 1 is 1.22 bits per heavy atom. The summed E-state index contributed by atoms with van der Waals surface area (Å²) in [4.78, 5) is 18.4. The van der Waals surface area contributed by atoms with Gasteiger partial charge in [-0.25, -0.2) is 4.99 Å². The Hall–Kier alpha value is -2.09. The first-order valence-electron chi connectivity index (χ1n) is 9.14. The molecule has 1 unspecified atom stereocenters. The summed E-state index contributed by atoms with van der Waals surface area (Å²) in [6.45, 7) is 5.39. The highest BCUT2D eigenvalue weighted by molar-refractivity contribution is 14.0. The van der Waals surface area contributed by atoms with Gasteiger partial charge in [0.2, 0.25) is 5.91 Å². The van der Waals surface area contributed by atoms with E-state index in [-0.39, 0.29) is 24.0 Å². The van der Waals surface area contributed by atoms with Crippen molar-refractivity contribution < 1.29 is 4.79 Å². The van der Waals surface area contributed by atoms with E-state index in [9.17, 15) is 4.79 Å². The number of primary amides is 1. The highest BCUT2D eigenvalue weighted by Gasteiger charge is 2.25. The zero-order valence-electron chi connectivity index (χ0n) is 15.6. The van der Waals surface area contributed by atoms with Crippen LogP contribution in [0.15, 0.2) is 59.6 Å². The van der Waals surface area contributed by atoms with Crippen LogP contribution < -0.4 is 11.1 Å². The molecule has 27 heavy (non-hydrogen) atoms. The monoisotopic (exact) mass is 478 g/mol. The van der Waals surface area contributed by atoms with E-state index >= 15 is 0 Å². The van der Waals surface area contributed by atoms with E-state index in [4.69, 9.17) is 10.7 Å². The molecule has 2 aromatic rings. The Bertz CT molecular complexity index is 779. The number of guanidine groups is 1. The minimum absolute atomic E-state index is 0. The van der Waals surface area contributed by atoms with E-state index in [2.05, 4.69) is 47.5 Å². The third-order valence-electron chi connectivity index (χ3n) is 4.72. The average Bonchev–Trinajstić information content (AvgIpc) is 3.16. The molecule has 1 aliphatic heterocycles. The molecule has 1 saturated heterocycles. The van der Waals surface area contributed by atoms with E-state index < -0.39 is 5.91 Å². The number of halogens is 1. The highest BCUT2D eigenvalue weighted by atomic mass is 127. The van der Waals surface area contributed by atoms with Crippen LogP contribution in [0, 0.1) is 0 Å². The molecule has 0 aromatic heterocycles. The number of aliphatic imine (C=N–C) groups is 1. The Balaban J connectivity index is 0.00000261. The Morgan fingerprint density at radius 2 is 2.00 bits per heavy atom. The van der Waals surface area contributed by atoms with Gasteiger partial charge >= 0.3 is 0 Å². The van der Waals surface area contributed by atoms with Crippen LogP contribution >= 0.6 is 24.0 Å². The molecule has 1 aliphatic rings. The molecule has 0 spiro atoms. The molecule has 0 radical (unpaired) electrons. The van der Waals surface area contributed by atoms with Crippen molar-refractivity contribution in [3.8, 4) is 0 Å². The van der Waals surface area contributed by atoms with Crippen LogP contribution in [-0.2, 0) is 6.54 Å². The van der Waals surface area contributed by atoms with Gasteiger partial charge in [0, 0.05) is 31.1 Å². The average molecular weight is 478 g/mol. The summed E-state index contributed by atoms with van der Waals surface area (Å²) < 4.78 is 0. The third-order valence-corrected chi connectivity index (χ3v) is 4.72. The fourth-order valence-electron chi connectivity index (χ4n) is 3.36. The molecular weight excluding hydrogens is 451 g/mol. The van der Waals surface area contributed by atoms with E-state index in [1.165, 1.54) is 5.56 Å². The van der Waals surface area contributed by atoms with E-state index in [1.807, 2.05) is 18.2 Å². The maximum Gasteiger partial charge on any atom is 0.248 e. The molecule has 1 amide bonds. The first kappa shape index (κ1) is 21.2. The maximum absolute atomic E-state index is 11.3. The van der Waals surface area contributed by atoms with Gasteiger partial charge < -0.3 is 16.0 Å². The zero-order chi connectivity index (χ0) is 18.4. The molecule has 6 heteroatoms. The molecule has 3 N–H and O–H groups in total. The number of likely N-dealkylation sites (tertiary alicyclic amines) is 1. The minimum atomic E-state index is -0.409. The van der Waals surface area contributed by atoms with Crippen molar-refractivity contribution in [2.75, 3.05) is 19.6 Å². The second-order valence-electron chi connectivity index (χ2n) is 6.58. The number of nitrogens with one attached hydrogen (secondary N) is 1. The van der Waals surface area contributed by atoms with Gasteiger partial charge in [-0.3, -0.25) is 4.79 Å². The molecule has 5 nitrogen and oxygen atoms in total. The van der Waals surface area contributed by atoms with Crippen LogP contribution in [-0.4, -0.2) is 36.4 Å². The van der Waals surface area contributed by atoms with Crippen molar-refractivity contribution in [1.29, 1.82) is 0 Å². The van der Waals surface area contributed by atoms with Gasteiger partial charge in [-0.15, -0.1) is 24.0 Å². The smallest absolute Gasteiger partial charge is 0.248 e. The van der Waals surface area contributed by atoms with E-state index in [0.29, 0.717) is 18.0 Å². The maximum atomic E-state index is 11.3. The fraction of sp³-hybridized carbons (Fsp3) is 0.333. The molecule has 3 rings (SSSR count). The second kappa shape index (κ2) is 10.3. The lowest BCUT2D eigenvalue weighted by atomic mass is 9.99. The standard InChI is InChI=1S/C21H26N4O.HI/c1-2-23-21(24-14-16-7-6-10-18(13-16)20(22)26)25-12-11-19(15-25)17-8-4-3-5-9-17;/h3-10,13,19H,2,11-12,14-15H2,1H3,(H2,22,26)(H,23,24);1H. The van der Waals surface area contributed by atoms with Crippen LogP contribution in [0.25, 0.3) is 0 Å². The van der Waals surface area contributed by atoms with Gasteiger partial charge in [0.15, 0.2) is 5.96 Å². The summed E-state index contributed by atoms with van der Waals surface area (Å²) in [6.07, 6.45) is 1.13. The molecule has 0 aliphatic carbocycles. The van der Waals surface area contributed by atoms with Gasteiger partial charge in [-0.05, 0) is 36.6 Å². The first-order chi connectivity index (χ1) is 12.7. The molecule has 0 bridgehead atoms. The second-order valence-corrected chi connectivity index (χ2v) is 6.58. The summed E-state index contributed by atoms with van der Waals surface area (Å²) in [5.41, 5.74) is 8.25. The number of carbonyl (C=O) groups excluding carboxylic acids is 1. The molecule has 1 atom stereocenters. The van der Waals surface area contributed by atoms with Crippen LogP contribution in [0.5, 0.6) is 0 Å². The summed E-state index contributed by atoms with van der Waals surface area (Å²) in [6, 6.07) is 18.0.